The summed E-state index contributed by atoms with van der Waals surface area (Å²) in [5, 5.41) is 18.1. The molecular weight excluding hydrogens is 228 g/mol. The molecule has 1 aliphatic rings. The second-order valence-electron chi connectivity index (χ2n) is 4.73. The molecule has 1 saturated heterocycles. The van der Waals surface area contributed by atoms with Crippen LogP contribution in [0.15, 0.2) is 18.2 Å². The van der Waals surface area contributed by atoms with Crippen LogP contribution >= 0.6 is 0 Å². The summed E-state index contributed by atoms with van der Waals surface area (Å²) in [5.74, 6) is -0.948. The van der Waals surface area contributed by atoms with Crippen molar-refractivity contribution in [2.75, 3.05) is 18.0 Å². The highest BCUT2D eigenvalue weighted by atomic mass is 16.4. The van der Waals surface area contributed by atoms with E-state index in [1.807, 2.05) is 25.1 Å². The summed E-state index contributed by atoms with van der Waals surface area (Å²) in [6, 6.07) is 7.95. The topological polar surface area (TPSA) is 64.3 Å². The Balaban J connectivity index is 2.17. The van der Waals surface area contributed by atoms with Gasteiger partial charge in [-0.05, 0) is 37.5 Å². The van der Waals surface area contributed by atoms with Gasteiger partial charge < -0.3 is 10.0 Å². The Morgan fingerprint density at radius 1 is 1.44 bits per heavy atom. The van der Waals surface area contributed by atoms with E-state index in [0.717, 1.165) is 11.3 Å². The lowest BCUT2D eigenvalue weighted by molar-refractivity contribution is -0.142. The van der Waals surface area contributed by atoms with Crippen molar-refractivity contribution in [1.82, 2.24) is 0 Å². The molecule has 0 aromatic heterocycles. The number of carbonyl (C=O) groups is 1. The molecule has 0 amide bonds. The van der Waals surface area contributed by atoms with Crippen molar-refractivity contribution < 1.29 is 9.90 Å². The summed E-state index contributed by atoms with van der Waals surface area (Å²) < 4.78 is 0. The molecule has 0 unspecified atom stereocenters. The van der Waals surface area contributed by atoms with Crippen molar-refractivity contribution in [3.63, 3.8) is 0 Å². The molecule has 0 saturated carbocycles. The minimum absolute atomic E-state index is 0.239. The first-order chi connectivity index (χ1) is 8.61. The highest BCUT2D eigenvalue weighted by molar-refractivity contribution is 5.70. The maximum Gasteiger partial charge on any atom is 0.306 e. The van der Waals surface area contributed by atoms with Gasteiger partial charge in [0.2, 0.25) is 0 Å². The van der Waals surface area contributed by atoms with E-state index in [1.165, 1.54) is 0 Å². The highest BCUT2D eigenvalue weighted by Gasteiger charge is 2.25. The quantitative estimate of drug-likeness (QED) is 0.866. The molecule has 1 aliphatic heterocycles. The largest absolute Gasteiger partial charge is 0.481 e. The van der Waals surface area contributed by atoms with Gasteiger partial charge in [-0.1, -0.05) is 6.07 Å². The van der Waals surface area contributed by atoms with E-state index in [1.54, 1.807) is 0 Å². The zero-order valence-electron chi connectivity index (χ0n) is 10.4. The molecule has 4 heteroatoms. The predicted octanol–water partition coefficient (Wildman–Crippen LogP) is 2.17. The van der Waals surface area contributed by atoms with Crippen molar-refractivity contribution in [2.24, 2.45) is 5.92 Å². The summed E-state index contributed by atoms with van der Waals surface area (Å²) in [5.41, 5.74) is 2.71. The SMILES string of the molecule is Cc1ccc(C#N)c(N2CCC(C(=O)O)CC2)c1. The zero-order chi connectivity index (χ0) is 13.1. The number of hydrogen-bond donors (Lipinski definition) is 1. The monoisotopic (exact) mass is 244 g/mol. The second-order valence-corrected chi connectivity index (χ2v) is 4.73. The van der Waals surface area contributed by atoms with Crippen molar-refractivity contribution in [2.45, 2.75) is 19.8 Å². The minimum atomic E-state index is -0.709. The Labute approximate surface area is 106 Å². The number of rotatable bonds is 2. The zero-order valence-corrected chi connectivity index (χ0v) is 10.4. The molecule has 4 nitrogen and oxygen atoms in total. The summed E-state index contributed by atoms with van der Waals surface area (Å²) in [4.78, 5) is 13.0. The molecule has 1 aromatic carbocycles. The van der Waals surface area contributed by atoms with Crippen LogP contribution in [0.3, 0.4) is 0 Å². The summed E-state index contributed by atoms with van der Waals surface area (Å²) in [6.45, 7) is 3.40. The normalized spacial score (nSPS) is 16.3. The molecule has 0 spiro atoms. The number of carboxylic acid groups (broad SMARTS) is 1. The maximum atomic E-state index is 10.9. The number of anilines is 1. The predicted molar refractivity (Wildman–Crippen MR) is 68.5 cm³/mol. The van der Waals surface area contributed by atoms with Crippen molar-refractivity contribution in [3.05, 3.63) is 29.3 Å². The average Bonchev–Trinajstić information content (AvgIpc) is 2.39. The first-order valence-electron chi connectivity index (χ1n) is 6.10. The number of aryl methyl sites for hydroxylation is 1. The first kappa shape index (κ1) is 12.4. The lowest BCUT2D eigenvalue weighted by atomic mass is 9.96. The van der Waals surface area contributed by atoms with Crippen molar-refractivity contribution >= 4 is 11.7 Å². The van der Waals surface area contributed by atoms with Gasteiger partial charge in [-0.25, -0.2) is 0 Å². The van der Waals surface area contributed by atoms with E-state index >= 15 is 0 Å². The van der Waals surface area contributed by atoms with E-state index in [-0.39, 0.29) is 5.92 Å². The fourth-order valence-corrected chi connectivity index (χ4v) is 2.37. The van der Waals surface area contributed by atoms with Crippen LogP contribution in [0, 0.1) is 24.2 Å². The van der Waals surface area contributed by atoms with Crippen LogP contribution in [-0.2, 0) is 4.79 Å². The first-order valence-corrected chi connectivity index (χ1v) is 6.10. The molecule has 18 heavy (non-hydrogen) atoms. The molecule has 0 bridgehead atoms. The van der Waals surface area contributed by atoms with Gasteiger partial charge in [0.1, 0.15) is 6.07 Å². The lowest BCUT2D eigenvalue weighted by Crippen LogP contribution is -2.36. The fourth-order valence-electron chi connectivity index (χ4n) is 2.37. The molecule has 0 aliphatic carbocycles. The van der Waals surface area contributed by atoms with Crippen LogP contribution in [0.5, 0.6) is 0 Å². The molecule has 0 radical (unpaired) electrons. The molecule has 1 aromatic rings. The van der Waals surface area contributed by atoms with Gasteiger partial charge in [0.15, 0.2) is 0 Å². The Morgan fingerprint density at radius 3 is 2.67 bits per heavy atom. The van der Waals surface area contributed by atoms with Gasteiger partial charge in [0.05, 0.1) is 17.2 Å². The molecule has 1 heterocycles. The molecular formula is C14H16N2O2. The number of benzene rings is 1. The number of nitriles is 1. The third kappa shape index (κ3) is 2.45. The van der Waals surface area contributed by atoms with Crippen LogP contribution in [0.25, 0.3) is 0 Å². The van der Waals surface area contributed by atoms with E-state index < -0.39 is 5.97 Å². The maximum absolute atomic E-state index is 10.9. The second kappa shape index (κ2) is 5.09. The van der Waals surface area contributed by atoms with Gasteiger partial charge in [-0.15, -0.1) is 0 Å². The number of aliphatic carboxylic acids is 1. The molecule has 0 atom stereocenters. The standard InChI is InChI=1S/C14H16N2O2/c1-10-2-3-12(9-15)13(8-10)16-6-4-11(5-7-16)14(17)18/h2-3,8,11H,4-7H2,1H3,(H,17,18). The number of piperidine rings is 1. The third-order valence-corrected chi connectivity index (χ3v) is 3.46. The molecule has 1 N–H and O–H groups in total. The van der Waals surface area contributed by atoms with E-state index in [4.69, 9.17) is 10.4 Å². The van der Waals surface area contributed by atoms with Crippen LogP contribution < -0.4 is 4.90 Å². The highest BCUT2D eigenvalue weighted by Crippen LogP contribution is 2.27. The Kier molecular flexibility index (Phi) is 3.52. The van der Waals surface area contributed by atoms with E-state index in [9.17, 15) is 4.79 Å². The van der Waals surface area contributed by atoms with Crippen LogP contribution in [0.1, 0.15) is 24.0 Å². The molecule has 94 valence electrons. The van der Waals surface area contributed by atoms with Gasteiger partial charge in [0.25, 0.3) is 0 Å². The van der Waals surface area contributed by atoms with Gasteiger partial charge in [-0.2, -0.15) is 5.26 Å². The number of carboxylic acids is 1. The molecule has 2 rings (SSSR count). The number of hydrogen-bond acceptors (Lipinski definition) is 3. The summed E-state index contributed by atoms with van der Waals surface area (Å²) in [6.07, 6.45) is 1.29. The van der Waals surface area contributed by atoms with E-state index in [0.29, 0.717) is 31.5 Å². The van der Waals surface area contributed by atoms with Crippen molar-refractivity contribution in [1.29, 1.82) is 5.26 Å². The van der Waals surface area contributed by atoms with Crippen LogP contribution in [0.4, 0.5) is 5.69 Å². The Bertz CT molecular complexity index is 497. The number of nitrogens with zero attached hydrogens (tertiary/aromatic N) is 2. The summed E-state index contributed by atoms with van der Waals surface area (Å²) >= 11 is 0. The summed E-state index contributed by atoms with van der Waals surface area (Å²) in [7, 11) is 0. The van der Waals surface area contributed by atoms with Crippen LogP contribution in [-0.4, -0.2) is 24.2 Å². The van der Waals surface area contributed by atoms with Crippen molar-refractivity contribution in [3.8, 4) is 6.07 Å². The van der Waals surface area contributed by atoms with Gasteiger partial charge >= 0.3 is 5.97 Å². The molecule has 1 fully saturated rings. The van der Waals surface area contributed by atoms with E-state index in [2.05, 4.69) is 11.0 Å². The van der Waals surface area contributed by atoms with Crippen LogP contribution in [0.2, 0.25) is 0 Å². The minimum Gasteiger partial charge on any atom is -0.481 e. The fraction of sp³-hybridized carbons (Fsp3) is 0.429. The van der Waals surface area contributed by atoms with Gasteiger partial charge in [-0.3, -0.25) is 4.79 Å². The average molecular weight is 244 g/mol. The smallest absolute Gasteiger partial charge is 0.306 e. The Hall–Kier alpha value is -2.02. The van der Waals surface area contributed by atoms with Gasteiger partial charge in [0, 0.05) is 13.1 Å². The Morgan fingerprint density at radius 2 is 2.11 bits per heavy atom. The lowest BCUT2D eigenvalue weighted by Gasteiger charge is -2.32. The third-order valence-electron chi connectivity index (χ3n) is 3.46.